The molecule has 0 saturated heterocycles. The molecule has 82 valence electrons. The first kappa shape index (κ1) is 10.3. The maximum absolute atomic E-state index is 12.0. The van der Waals surface area contributed by atoms with Gasteiger partial charge in [-0.15, -0.1) is 0 Å². The van der Waals surface area contributed by atoms with E-state index >= 15 is 0 Å². The average Bonchev–Trinajstić information content (AvgIpc) is 2.81. The van der Waals surface area contributed by atoms with Gasteiger partial charge in [0.1, 0.15) is 17.1 Å². The number of phenolic OH excluding ortho intramolecular Hbond substituents is 1. The summed E-state index contributed by atoms with van der Waals surface area (Å²) in [4.78, 5) is 14.8. The third-order valence-corrected chi connectivity index (χ3v) is 2.31. The Hall–Kier alpha value is -2.23. The summed E-state index contributed by atoms with van der Waals surface area (Å²) in [7, 11) is 1.46. The van der Waals surface area contributed by atoms with Crippen LogP contribution in [0.4, 0.5) is 0 Å². The Morgan fingerprint density at radius 3 is 2.81 bits per heavy atom. The molecule has 0 radical (unpaired) electrons. The number of aromatic nitrogens is 1. The summed E-state index contributed by atoms with van der Waals surface area (Å²) >= 11 is 0. The largest absolute Gasteiger partial charge is 0.507 e. The van der Waals surface area contributed by atoms with E-state index in [2.05, 4.69) is 4.98 Å². The molecular weight excluding hydrogens is 206 g/mol. The van der Waals surface area contributed by atoms with Crippen LogP contribution in [0.2, 0.25) is 0 Å². The van der Waals surface area contributed by atoms with Crippen LogP contribution in [-0.4, -0.2) is 23.0 Å². The Bertz CT molecular complexity index is 503. The molecule has 0 spiro atoms. The molecule has 1 aromatic heterocycles. The SMILES string of the molecule is COc1cccc(O)c1C(=O)c1cc[nH]c1. The molecule has 2 aromatic rings. The van der Waals surface area contributed by atoms with Gasteiger partial charge in [-0.3, -0.25) is 4.79 Å². The second-order valence-corrected chi connectivity index (χ2v) is 3.28. The molecule has 1 heterocycles. The highest BCUT2D eigenvalue weighted by Crippen LogP contribution is 2.29. The molecule has 0 fully saturated rings. The van der Waals surface area contributed by atoms with Crippen molar-refractivity contribution in [3.63, 3.8) is 0 Å². The number of carbonyl (C=O) groups is 1. The molecule has 0 aliphatic carbocycles. The maximum atomic E-state index is 12.0. The van der Waals surface area contributed by atoms with Crippen LogP contribution in [0.15, 0.2) is 36.7 Å². The highest BCUT2D eigenvalue weighted by molar-refractivity contribution is 6.12. The lowest BCUT2D eigenvalue weighted by Crippen LogP contribution is -2.03. The predicted molar refractivity (Wildman–Crippen MR) is 58.9 cm³/mol. The number of phenols is 1. The van der Waals surface area contributed by atoms with Crippen molar-refractivity contribution < 1.29 is 14.6 Å². The molecule has 0 aliphatic heterocycles. The molecule has 1 aromatic carbocycles. The van der Waals surface area contributed by atoms with Crippen molar-refractivity contribution in [2.75, 3.05) is 7.11 Å². The molecule has 2 rings (SSSR count). The van der Waals surface area contributed by atoms with Gasteiger partial charge in [0.15, 0.2) is 0 Å². The van der Waals surface area contributed by atoms with Gasteiger partial charge in [-0.1, -0.05) is 6.07 Å². The van der Waals surface area contributed by atoms with Gasteiger partial charge in [0.2, 0.25) is 5.78 Å². The van der Waals surface area contributed by atoms with Gasteiger partial charge in [-0.2, -0.15) is 0 Å². The number of aromatic amines is 1. The Kier molecular flexibility index (Phi) is 2.64. The molecule has 4 nitrogen and oxygen atoms in total. The molecule has 0 unspecified atom stereocenters. The van der Waals surface area contributed by atoms with Gasteiger partial charge in [0, 0.05) is 18.0 Å². The van der Waals surface area contributed by atoms with Gasteiger partial charge in [0.05, 0.1) is 7.11 Å². The molecule has 16 heavy (non-hydrogen) atoms. The lowest BCUT2D eigenvalue weighted by Gasteiger charge is -2.08. The van der Waals surface area contributed by atoms with Crippen LogP contribution in [0.25, 0.3) is 0 Å². The molecule has 0 atom stereocenters. The molecule has 0 amide bonds. The van der Waals surface area contributed by atoms with Gasteiger partial charge in [-0.05, 0) is 18.2 Å². The summed E-state index contributed by atoms with van der Waals surface area (Å²) in [6, 6.07) is 6.37. The topological polar surface area (TPSA) is 62.3 Å². The van der Waals surface area contributed by atoms with E-state index in [1.807, 2.05) is 0 Å². The van der Waals surface area contributed by atoms with Crippen molar-refractivity contribution in [1.29, 1.82) is 0 Å². The van der Waals surface area contributed by atoms with Crippen LogP contribution in [-0.2, 0) is 0 Å². The van der Waals surface area contributed by atoms with E-state index in [-0.39, 0.29) is 17.1 Å². The van der Waals surface area contributed by atoms with E-state index in [1.54, 1.807) is 30.6 Å². The number of nitrogens with one attached hydrogen (secondary N) is 1. The number of aromatic hydroxyl groups is 1. The summed E-state index contributed by atoms with van der Waals surface area (Å²) in [5, 5.41) is 9.68. The van der Waals surface area contributed by atoms with Crippen LogP contribution in [0, 0.1) is 0 Å². The van der Waals surface area contributed by atoms with Gasteiger partial charge < -0.3 is 14.8 Å². The lowest BCUT2D eigenvalue weighted by atomic mass is 10.0. The van der Waals surface area contributed by atoms with Crippen molar-refractivity contribution in [3.05, 3.63) is 47.8 Å². The van der Waals surface area contributed by atoms with E-state index in [1.165, 1.54) is 13.2 Å². The number of hydrogen-bond acceptors (Lipinski definition) is 3. The highest BCUT2D eigenvalue weighted by atomic mass is 16.5. The number of ether oxygens (including phenoxy) is 1. The highest BCUT2D eigenvalue weighted by Gasteiger charge is 2.18. The minimum Gasteiger partial charge on any atom is -0.507 e. The molecule has 2 N–H and O–H groups in total. The first-order valence-corrected chi connectivity index (χ1v) is 4.77. The predicted octanol–water partition coefficient (Wildman–Crippen LogP) is 1.96. The van der Waals surface area contributed by atoms with Crippen molar-refractivity contribution in [1.82, 2.24) is 4.98 Å². The third kappa shape index (κ3) is 1.65. The zero-order valence-electron chi connectivity index (χ0n) is 8.73. The number of carbonyl (C=O) groups excluding carboxylic acids is 1. The van der Waals surface area contributed by atoms with Gasteiger partial charge >= 0.3 is 0 Å². The normalized spacial score (nSPS) is 10.1. The third-order valence-electron chi connectivity index (χ3n) is 2.31. The van der Waals surface area contributed by atoms with Crippen molar-refractivity contribution >= 4 is 5.78 Å². The molecule has 0 aliphatic rings. The van der Waals surface area contributed by atoms with Crippen LogP contribution in [0.1, 0.15) is 15.9 Å². The van der Waals surface area contributed by atoms with Crippen molar-refractivity contribution in [2.45, 2.75) is 0 Å². The van der Waals surface area contributed by atoms with E-state index in [9.17, 15) is 9.90 Å². The number of ketones is 1. The quantitative estimate of drug-likeness (QED) is 0.772. The van der Waals surface area contributed by atoms with E-state index in [0.29, 0.717) is 11.3 Å². The standard InChI is InChI=1S/C12H11NO3/c1-16-10-4-2-3-9(14)11(10)12(15)8-5-6-13-7-8/h2-7,13-14H,1H3. The minimum absolute atomic E-state index is 0.0782. The Morgan fingerprint density at radius 2 is 2.19 bits per heavy atom. The Labute approximate surface area is 92.5 Å². The molecule has 4 heteroatoms. The second kappa shape index (κ2) is 4.10. The van der Waals surface area contributed by atoms with Gasteiger partial charge in [-0.25, -0.2) is 0 Å². The van der Waals surface area contributed by atoms with E-state index < -0.39 is 0 Å². The lowest BCUT2D eigenvalue weighted by molar-refractivity contribution is 0.103. The Morgan fingerprint density at radius 1 is 1.38 bits per heavy atom. The summed E-state index contributed by atoms with van der Waals surface area (Å²) in [5.41, 5.74) is 0.671. The van der Waals surface area contributed by atoms with Crippen LogP contribution >= 0.6 is 0 Å². The number of hydrogen-bond donors (Lipinski definition) is 2. The molecule has 0 bridgehead atoms. The summed E-state index contributed by atoms with van der Waals surface area (Å²) in [6.07, 6.45) is 3.23. The van der Waals surface area contributed by atoms with Crippen molar-refractivity contribution in [3.8, 4) is 11.5 Å². The number of rotatable bonds is 3. The van der Waals surface area contributed by atoms with Crippen LogP contribution < -0.4 is 4.74 Å². The minimum atomic E-state index is -0.267. The number of H-pyrrole nitrogens is 1. The fourth-order valence-electron chi connectivity index (χ4n) is 1.53. The maximum Gasteiger partial charge on any atom is 0.202 e. The fraction of sp³-hybridized carbons (Fsp3) is 0.0833. The first-order valence-electron chi connectivity index (χ1n) is 4.77. The first-order chi connectivity index (χ1) is 7.74. The smallest absolute Gasteiger partial charge is 0.202 e. The fourth-order valence-corrected chi connectivity index (χ4v) is 1.53. The number of methoxy groups -OCH3 is 1. The van der Waals surface area contributed by atoms with Crippen LogP contribution in [0.5, 0.6) is 11.5 Å². The second-order valence-electron chi connectivity index (χ2n) is 3.28. The number of benzene rings is 1. The van der Waals surface area contributed by atoms with Gasteiger partial charge in [0.25, 0.3) is 0 Å². The molecular formula is C12H11NO3. The zero-order valence-corrected chi connectivity index (χ0v) is 8.73. The van der Waals surface area contributed by atoms with Crippen LogP contribution in [0.3, 0.4) is 0 Å². The van der Waals surface area contributed by atoms with E-state index in [0.717, 1.165) is 0 Å². The average molecular weight is 217 g/mol. The van der Waals surface area contributed by atoms with Crippen molar-refractivity contribution in [2.24, 2.45) is 0 Å². The Balaban J connectivity index is 2.51. The van der Waals surface area contributed by atoms with E-state index in [4.69, 9.17) is 4.74 Å². The summed E-state index contributed by atoms with van der Waals surface area (Å²) < 4.78 is 5.05. The molecule has 0 saturated carbocycles. The summed E-state index contributed by atoms with van der Waals surface area (Å²) in [6.45, 7) is 0. The monoisotopic (exact) mass is 217 g/mol. The zero-order chi connectivity index (χ0) is 11.5. The summed E-state index contributed by atoms with van der Waals surface area (Å²) in [5.74, 6) is 0.0213.